The molecule has 0 atom stereocenters. The number of nitrogens with zero attached hydrogens (tertiary/aromatic N) is 3. The minimum absolute atomic E-state index is 0.0600. The van der Waals surface area contributed by atoms with E-state index in [1.165, 1.54) is 22.9 Å². The van der Waals surface area contributed by atoms with Crippen molar-refractivity contribution in [2.75, 3.05) is 0 Å². The molecule has 1 heterocycles. The van der Waals surface area contributed by atoms with Gasteiger partial charge in [0.1, 0.15) is 11.3 Å². The molecule has 0 fully saturated rings. The van der Waals surface area contributed by atoms with Gasteiger partial charge in [0.15, 0.2) is 0 Å². The molecule has 1 aromatic carbocycles. The highest BCUT2D eigenvalue weighted by Crippen LogP contribution is 2.22. The largest absolute Gasteiger partial charge is 0.507 e. The van der Waals surface area contributed by atoms with Gasteiger partial charge in [0, 0.05) is 6.42 Å². The lowest BCUT2D eigenvalue weighted by Gasteiger charge is -2.06. The molecule has 110 valence electrons. The predicted octanol–water partition coefficient (Wildman–Crippen LogP) is 0.997. The monoisotopic (exact) mass is 291 g/mol. The smallest absolute Gasteiger partial charge is 0.339 e. The number of phenols is 1. The lowest BCUT2D eigenvalue weighted by molar-refractivity contribution is -0.136. The Kier molecular flexibility index (Phi) is 3.88. The Morgan fingerprint density at radius 2 is 2.00 bits per heavy atom. The summed E-state index contributed by atoms with van der Waals surface area (Å²) in [7, 11) is 0. The molecule has 0 spiro atoms. The van der Waals surface area contributed by atoms with Crippen LogP contribution in [0, 0.1) is 6.92 Å². The molecular weight excluding hydrogens is 278 g/mol. The third kappa shape index (κ3) is 2.99. The van der Waals surface area contributed by atoms with Gasteiger partial charge in [0.25, 0.3) is 0 Å². The number of hydrogen-bond donors (Lipinski definition) is 3. The van der Waals surface area contributed by atoms with E-state index in [0.29, 0.717) is 17.1 Å². The summed E-state index contributed by atoms with van der Waals surface area (Å²) in [6.07, 6.45) is 0.181. The Hall–Kier alpha value is -2.90. The van der Waals surface area contributed by atoms with Crippen molar-refractivity contribution in [2.24, 2.45) is 0 Å². The van der Waals surface area contributed by atoms with Crippen LogP contribution in [0.1, 0.15) is 28.2 Å². The van der Waals surface area contributed by atoms with E-state index < -0.39 is 11.9 Å². The second kappa shape index (κ2) is 5.61. The summed E-state index contributed by atoms with van der Waals surface area (Å²) in [6, 6.07) is 4.04. The standard InChI is InChI=1S/C13H13N3O5/c1-7-10(3-5-12(18)19)14-15-16(7)8-2-4-11(17)9(6-8)13(20)21/h2,4,6,17H,3,5H2,1H3,(H,18,19)(H,20,21). The number of aromatic hydroxyl groups is 1. The van der Waals surface area contributed by atoms with Gasteiger partial charge < -0.3 is 15.3 Å². The number of aromatic carboxylic acids is 1. The lowest BCUT2D eigenvalue weighted by atomic mass is 10.1. The van der Waals surface area contributed by atoms with E-state index in [0.717, 1.165) is 0 Å². The number of carboxylic acid groups (broad SMARTS) is 2. The van der Waals surface area contributed by atoms with Gasteiger partial charge in [-0.2, -0.15) is 0 Å². The molecule has 0 aliphatic heterocycles. The predicted molar refractivity (Wildman–Crippen MR) is 70.7 cm³/mol. The summed E-state index contributed by atoms with van der Waals surface area (Å²) < 4.78 is 1.41. The van der Waals surface area contributed by atoms with Gasteiger partial charge in [-0.3, -0.25) is 4.79 Å². The lowest BCUT2D eigenvalue weighted by Crippen LogP contribution is -2.04. The molecule has 3 N–H and O–H groups in total. The number of aromatic nitrogens is 3. The highest BCUT2D eigenvalue weighted by atomic mass is 16.4. The SMILES string of the molecule is Cc1c(CCC(=O)O)nnn1-c1ccc(O)c(C(=O)O)c1. The van der Waals surface area contributed by atoms with Crippen molar-refractivity contribution in [3.63, 3.8) is 0 Å². The van der Waals surface area contributed by atoms with Crippen molar-refractivity contribution in [3.8, 4) is 11.4 Å². The van der Waals surface area contributed by atoms with Crippen LogP contribution in [-0.4, -0.2) is 42.3 Å². The average molecular weight is 291 g/mol. The van der Waals surface area contributed by atoms with Gasteiger partial charge >= 0.3 is 11.9 Å². The van der Waals surface area contributed by atoms with E-state index in [-0.39, 0.29) is 24.2 Å². The van der Waals surface area contributed by atoms with Crippen LogP contribution < -0.4 is 0 Å². The fraction of sp³-hybridized carbons (Fsp3) is 0.231. The molecular formula is C13H13N3O5. The van der Waals surface area contributed by atoms with Gasteiger partial charge in [-0.1, -0.05) is 5.21 Å². The molecule has 0 bridgehead atoms. The van der Waals surface area contributed by atoms with Crippen LogP contribution in [0.4, 0.5) is 0 Å². The second-order valence-corrected chi connectivity index (χ2v) is 4.43. The molecule has 0 unspecified atom stereocenters. The van der Waals surface area contributed by atoms with Crippen molar-refractivity contribution in [1.29, 1.82) is 0 Å². The molecule has 0 radical (unpaired) electrons. The maximum atomic E-state index is 11.0. The summed E-state index contributed by atoms with van der Waals surface area (Å²) in [4.78, 5) is 21.6. The highest BCUT2D eigenvalue weighted by molar-refractivity contribution is 5.91. The number of benzene rings is 1. The Labute approximate surface area is 119 Å². The normalized spacial score (nSPS) is 10.5. The number of rotatable bonds is 5. The molecule has 1 aromatic heterocycles. The Morgan fingerprint density at radius 1 is 1.29 bits per heavy atom. The molecule has 8 heteroatoms. The Morgan fingerprint density at radius 3 is 2.62 bits per heavy atom. The van der Waals surface area contributed by atoms with E-state index in [9.17, 15) is 14.7 Å². The number of carbonyl (C=O) groups is 2. The van der Waals surface area contributed by atoms with Crippen molar-refractivity contribution >= 4 is 11.9 Å². The first-order chi connectivity index (χ1) is 9.90. The number of aliphatic carboxylic acids is 1. The van der Waals surface area contributed by atoms with Gasteiger partial charge in [-0.25, -0.2) is 9.48 Å². The molecule has 0 aliphatic carbocycles. The summed E-state index contributed by atoms with van der Waals surface area (Å²) in [6.45, 7) is 1.71. The Bertz CT molecular complexity index is 708. The zero-order valence-electron chi connectivity index (χ0n) is 11.1. The van der Waals surface area contributed by atoms with Gasteiger partial charge in [0.2, 0.25) is 0 Å². The topological polar surface area (TPSA) is 126 Å². The van der Waals surface area contributed by atoms with Crippen LogP contribution >= 0.6 is 0 Å². The van der Waals surface area contributed by atoms with Crippen molar-refractivity contribution in [1.82, 2.24) is 15.0 Å². The number of aryl methyl sites for hydroxylation is 1. The third-order valence-corrected chi connectivity index (χ3v) is 3.02. The van der Waals surface area contributed by atoms with Crippen LogP contribution in [0.15, 0.2) is 18.2 Å². The molecule has 2 aromatic rings. The van der Waals surface area contributed by atoms with Crippen molar-refractivity contribution in [3.05, 3.63) is 35.2 Å². The molecule has 0 aliphatic rings. The maximum Gasteiger partial charge on any atom is 0.339 e. The van der Waals surface area contributed by atoms with Crippen LogP contribution in [0.2, 0.25) is 0 Å². The summed E-state index contributed by atoms with van der Waals surface area (Å²) in [5.74, 6) is -2.52. The summed E-state index contributed by atoms with van der Waals surface area (Å²) in [5, 5.41) is 34.9. The molecule has 8 nitrogen and oxygen atoms in total. The zero-order valence-corrected chi connectivity index (χ0v) is 11.1. The van der Waals surface area contributed by atoms with Gasteiger partial charge in [-0.05, 0) is 25.1 Å². The van der Waals surface area contributed by atoms with Crippen LogP contribution in [0.25, 0.3) is 5.69 Å². The molecule has 0 saturated carbocycles. The Balaban J connectivity index is 2.37. The van der Waals surface area contributed by atoms with E-state index in [1.54, 1.807) is 6.92 Å². The van der Waals surface area contributed by atoms with Crippen LogP contribution in [0.3, 0.4) is 0 Å². The first-order valence-corrected chi connectivity index (χ1v) is 6.10. The van der Waals surface area contributed by atoms with Crippen molar-refractivity contribution in [2.45, 2.75) is 19.8 Å². The van der Waals surface area contributed by atoms with E-state index in [2.05, 4.69) is 10.3 Å². The highest BCUT2D eigenvalue weighted by Gasteiger charge is 2.15. The summed E-state index contributed by atoms with van der Waals surface area (Å²) >= 11 is 0. The van der Waals surface area contributed by atoms with Gasteiger partial charge in [-0.15, -0.1) is 5.10 Å². The average Bonchev–Trinajstić information content (AvgIpc) is 2.78. The number of carboxylic acids is 2. The molecule has 0 amide bonds. The fourth-order valence-electron chi connectivity index (χ4n) is 1.89. The minimum atomic E-state index is -1.25. The molecule has 2 rings (SSSR count). The summed E-state index contributed by atoms with van der Waals surface area (Å²) in [5.41, 5.74) is 1.34. The first kappa shape index (κ1) is 14.5. The number of hydrogen-bond acceptors (Lipinski definition) is 5. The minimum Gasteiger partial charge on any atom is -0.507 e. The molecule has 21 heavy (non-hydrogen) atoms. The quantitative estimate of drug-likeness (QED) is 0.750. The maximum absolute atomic E-state index is 11.0. The fourth-order valence-corrected chi connectivity index (χ4v) is 1.89. The van der Waals surface area contributed by atoms with Crippen molar-refractivity contribution < 1.29 is 24.9 Å². The first-order valence-electron chi connectivity index (χ1n) is 6.10. The van der Waals surface area contributed by atoms with Crippen LogP contribution in [-0.2, 0) is 11.2 Å². The van der Waals surface area contributed by atoms with E-state index >= 15 is 0 Å². The van der Waals surface area contributed by atoms with Crippen LogP contribution in [0.5, 0.6) is 5.75 Å². The molecule has 0 saturated heterocycles. The van der Waals surface area contributed by atoms with E-state index in [1.807, 2.05) is 0 Å². The third-order valence-electron chi connectivity index (χ3n) is 3.02. The van der Waals surface area contributed by atoms with E-state index in [4.69, 9.17) is 10.2 Å². The zero-order chi connectivity index (χ0) is 15.6. The second-order valence-electron chi connectivity index (χ2n) is 4.43. The van der Waals surface area contributed by atoms with Gasteiger partial charge in [0.05, 0.1) is 23.5 Å².